The van der Waals surface area contributed by atoms with E-state index in [9.17, 15) is 9.59 Å². The minimum absolute atomic E-state index is 0.160. The van der Waals surface area contributed by atoms with Crippen molar-refractivity contribution in [1.82, 2.24) is 20.1 Å². The molecule has 9 heteroatoms. The number of benzene rings is 1. The maximum absolute atomic E-state index is 12.7. The summed E-state index contributed by atoms with van der Waals surface area (Å²) in [6, 6.07) is 9.58. The number of carbonyl (C=O) groups is 2. The van der Waals surface area contributed by atoms with E-state index in [1.165, 1.54) is 11.3 Å². The summed E-state index contributed by atoms with van der Waals surface area (Å²) in [5.74, 6) is -0.127. The van der Waals surface area contributed by atoms with Crippen LogP contribution in [-0.2, 0) is 16.1 Å². The maximum Gasteiger partial charge on any atom is 0.355 e. The monoisotopic (exact) mass is 452 g/mol. The Kier molecular flexibility index (Phi) is 6.36. The molecule has 3 heterocycles. The summed E-state index contributed by atoms with van der Waals surface area (Å²) in [6.45, 7) is 6.24. The molecular weight excluding hydrogens is 428 g/mol. The average Bonchev–Trinajstić information content (AvgIpc) is 3.51. The van der Waals surface area contributed by atoms with E-state index in [0.29, 0.717) is 24.0 Å². The van der Waals surface area contributed by atoms with E-state index in [1.807, 2.05) is 44.4 Å². The number of esters is 1. The van der Waals surface area contributed by atoms with Crippen LogP contribution in [-0.4, -0.2) is 45.1 Å². The number of carbonyl (C=O) groups excluding carboxylic acids is 2. The minimum Gasteiger partial charge on any atom is -0.451 e. The molecule has 0 spiro atoms. The average molecular weight is 453 g/mol. The number of H-pyrrole nitrogens is 1. The largest absolute Gasteiger partial charge is 0.451 e. The Morgan fingerprint density at radius 2 is 2.06 bits per heavy atom. The van der Waals surface area contributed by atoms with E-state index in [-0.39, 0.29) is 19.1 Å². The van der Waals surface area contributed by atoms with E-state index >= 15 is 0 Å². The van der Waals surface area contributed by atoms with Gasteiger partial charge in [0.15, 0.2) is 6.61 Å². The van der Waals surface area contributed by atoms with Crippen molar-refractivity contribution in [2.45, 2.75) is 33.7 Å². The van der Waals surface area contributed by atoms with Crippen LogP contribution in [0.25, 0.3) is 21.7 Å². The zero-order valence-electron chi connectivity index (χ0n) is 18.2. The van der Waals surface area contributed by atoms with Gasteiger partial charge in [0, 0.05) is 17.4 Å². The molecule has 1 aromatic carbocycles. The molecule has 0 fully saturated rings. The number of hydrogen-bond donors (Lipinski definition) is 1. The number of hydrogen-bond acceptors (Lipinski definition) is 7. The highest BCUT2D eigenvalue weighted by Gasteiger charge is 2.20. The smallest absolute Gasteiger partial charge is 0.355 e. The molecular formula is C23H24N4O4S. The molecule has 0 unspecified atom stereocenters. The van der Waals surface area contributed by atoms with Crippen molar-refractivity contribution in [3.63, 3.8) is 0 Å². The fourth-order valence-electron chi connectivity index (χ4n) is 3.55. The number of ether oxygens (including phenoxy) is 1. The van der Waals surface area contributed by atoms with Crippen molar-refractivity contribution < 1.29 is 18.7 Å². The van der Waals surface area contributed by atoms with Crippen LogP contribution in [0.15, 0.2) is 40.1 Å². The van der Waals surface area contributed by atoms with Gasteiger partial charge in [-0.3, -0.25) is 4.79 Å². The van der Waals surface area contributed by atoms with E-state index in [0.717, 1.165) is 33.3 Å². The summed E-state index contributed by atoms with van der Waals surface area (Å²) in [5, 5.41) is 11.0. The van der Waals surface area contributed by atoms with Gasteiger partial charge in [0.25, 0.3) is 11.8 Å². The van der Waals surface area contributed by atoms with Gasteiger partial charge in [0.2, 0.25) is 5.89 Å². The quantitative estimate of drug-likeness (QED) is 0.395. The molecule has 1 amide bonds. The van der Waals surface area contributed by atoms with E-state index in [4.69, 9.17) is 9.15 Å². The van der Waals surface area contributed by atoms with Gasteiger partial charge in [-0.1, -0.05) is 19.1 Å². The van der Waals surface area contributed by atoms with Gasteiger partial charge in [-0.15, -0.1) is 21.5 Å². The van der Waals surface area contributed by atoms with Crippen LogP contribution < -0.4 is 0 Å². The number of aromatic amines is 1. The molecule has 0 saturated carbocycles. The SMILES string of the molecule is CCCN(Cc1nnc(-c2cccs2)o1)C(=O)COC(=O)c1cc2c(C)cc(C)cc2[nH]1. The first-order valence-electron chi connectivity index (χ1n) is 10.4. The standard InChI is InChI=1S/C23H24N4O4S/c1-4-7-27(12-20-25-26-22(31-20)19-6-5-8-32-19)21(28)13-30-23(29)18-11-16-15(3)9-14(2)10-17(16)24-18/h5-6,8-11,24H,4,7,12-13H2,1-3H3. The molecule has 32 heavy (non-hydrogen) atoms. The molecule has 0 bridgehead atoms. The number of rotatable bonds is 8. The van der Waals surface area contributed by atoms with Crippen molar-refractivity contribution in [2.75, 3.05) is 13.2 Å². The highest BCUT2D eigenvalue weighted by Crippen LogP contribution is 2.24. The Hall–Kier alpha value is -3.46. The van der Waals surface area contributed by atoms with E-state index < -0.39 is 5.97 Å². The van der Waals surface area contributed by atoms with Gasteiger partial charge in [-0.05, 0) is 55.0 Å². The van der Waals surface area contributed by atoms with Crippen LogP contribution in [0.2, 0.25) is 0 Å². The van der Waals surface area contributed by atoms with Crippen LogP contribution in [0, 0.1) is 13.8 Å². The predicted octanol–water partition coefficient (Wildman–Crippen LogP) is 4.49. The number of thiophene rings is 1. The molecule has 0 aliphatic rings. The van der Waals surface area contributed by atoms with Gasteiger partial charge in [0.05, 0.1) is 11.4 Å². The summed E-state index contributed by atoms with van der Waals surface area (Å²) in [4.78, 5) is 30.8. The van der Waals surface area contributed by atoms with Crippen LogP contribution in [0.4, 0.5) is 0 Å². The summed E-state index contributed by atoms with van der Waals surface area (Å²) in [7, 11) is 0. The normalized spacial score (nSPS) is 11.1. The highest BCUT2D eigenvalue weighted by molar-refractivity contribution is 7.13. The molecule has 0 aliphatic heterocycles. The maximum atomic E-state index is 12.7. The molecule has 8 nitrogen and oxygen atoms in total. The molecule has 4 rings (SSSR count). The zero-order valence-corrected chi connectivity index (χ0v) is 19.0. The zero-order chi connectivity index (χ0) is 22.7. The first-order chi connectivity index (χ1) is 15.4. The third-order valence-electron chi connectivity index (χ3n) is 5.01. The molecule has 1 N–H and O–H groups in total. The number of fused-ring (bicyclic) bond motifs is 1. The second kappa shape index (κ2) is 9.35. The topological polar surface area (TPSA) is 101 Å². The number of amides is 1. The number of nitrogens with one attached hydrogen (secondary N) is 1. The van der Waals surface area contributed by atoms with Crippen molar-refractivity contribution in [2.24, 2.45) is 0 Å². The lowest BCUT2D eigenvalue weighted by Crippen LogP contribution is -2.35. The van der Waals surface area contributed by atoms with Crippen LogP contribution in [0.5, 0.6) is 0 Å². The third kappa shape index (κ3) is 4.72. The van der Waals surface area contributed by atoms with Crippen LogP contribution in [0.1, 0.15) is 40.9 Å². The lowest BCUT2D eigenvalue weighted by molar-refractivity contribution is -0.135. The summed E-state index contributed by atoms with van der Waals surface area (Å²) in [5.41, 5.74) is 3.36. The molecule has 0 saturated heterocycles. The summed E-state index contributed by atoms with van der Waals surface area (Å²) < 4.78 is 11.0. The van der Waals surface area contributed by atoms with Crippen molar-refractivity contribution in [1.29, 1.82) is 0 Å². The Morgan fingerprint density at radius 1 is 1.22 bits per heavy atom. The minimum atomic E-state index is -0.569. The second-order valence-electron chi connectivity index (χ2n) is 7.60. The Bertz CT molecular complexity index is 1240. The number of aromatic nitrogens is 3. The van der Waals surface area contributed by atoms with Gasteiger partial charge < -0.3 is 19.0 Å². The van der Waals surface area contributed by atoms with Crippen LogP contribution >= 0.6 is 11.3 Å². The Labute approximate surface area is 189 Å². The van der Waals surface area contributed by atoms with Crippen molar-refractivity contribution in [3.8, 4) is 10.8 Å². The molecule has 0 atom stereocenters. The summed E-state index contributed by atoms with van der Waals surface area (Å²) >= 11 is 1.50. The first kappa shape index (κ1) is 21.8. The van der Waals surface area contributed by atoms with E-state index in [1.54, 1.807) is 11.0 Å². The molecule has 166 valence electrons. The predicted molar refractivity (Wildman–Crippen MR) is 121 cm³/mol. The number of nitrogens with zero attached hydrogens (tertiary/aromatic N) is 3. The van der Waals surface area contributed by atoms with E-state index in [2.05, 4.69) is 21.2 Å². The number of aryl methyl sites for hydroxylation is 2. The molecule has 0 radical (unpaired) electrons. The Morgan fingerprint density at radius 3 is 2.81 bits per heavy atom. The van der Waals surface area contributed by atoms with Gasteiger partial charge in [0.1, 0.15) is 5.69 Å². The van der Waals surface area contributed by atoms with Gasteiger partial charge in [-0.2, -0.15) is 0 Å². The third-order valence-corrected chi connectivity index (χ3v) is 5.86. The van der Waals surface area contributed by atoms with Gasteiger partial charge in [-0.25, -0.2) is 4.79 Å². The fraction of sp³-hybridized carbons (Fsp3) is 0.304. The molecule has 0 aliphatic carbocycles. The fourth-order valence-corrected chi connectivity index (χ4v) is 4.19. The van der Waals surface area contributed by atoms with Crippen LogP contribution in [0.3, 0.4) is 0 Å². The lowest BCUT2D eigenvalue weighted by Gasteiger charge is -2.19. The Balaban J connectivity index is 1.39. The second-order valence-corrected chi connectivity index (χ2v) is 8.54. The molecule has 3 aromatic heterocycles. The lowest BCUT2D eigenvalue weighted by atomic mass is 10.1. The van der Waals surface area contributed by atoms with Crippen molar-refractivity contribution >= 4 is 34.1 Å². The summed E-state index contributed by atoms with van der Waals surface area (Å²) in [6.07, 6.45) is 0.742. The highest BCUT2D eigenvalue weighted by atomic mass is 32.1. The van der Waals surface area contributed by atoms with Crippen molar-refractivity contribution in [3.05, 3.63) is 58.4 Å². The van der Waals surface area contributed by atoms with Gasteiger partial charge >= 0.3 is 5.97 Å². The molecule has 4 aromatic rings. The first-order valence-corrected chi connectivity index (χ1v) is 11.2.